The first-order chi connectivity index (χ1) is 9.90. The summed E-state index contributed by atoms with van der Waals surface area (Å²) in [7, 11) is -3.22. The fourth-order valence-corrected chi connectivity index (χ4v) is 3.61. The molecular formula is C15H23N3O2S. The van der Waals surface area contributed by atoms with Crippen molar-refractivity contribution in [2.45, 2.75) is 38.3 Å². The summed E-state index contributed by atoms with van der Waals surface area (Å²) in [5.74, 6) is 0. The van der Waals surface area contributed by atoms with Crippen LogP contribution < -0.4 is 10.0 Å². The van der Waals surface area contributed by atoms with E-state index in [0.717, 1.165) is 23.8 Å². The van der Waals surface area contributed by atoms with Crippen molar-refractivity contribution in [2.75, 3.05) is 29.4 Å². The van der Waals surface area contributed by atoms with Gasteiger partial charge in [0.15, 0.2) is 0 Å². The highest BCUT2D eigenvalue weighted by atomic mass is 32.2. The van der Waals surface area contributed by atoms with Gasteiger partial charge in [-0.25, -0.2) is 8.42 Å². The van der Waals surface area contributed by atoms with Gasteiger partial charge in [0, 0.05) is 30.9 Å². The highest BCUT2D eigenvalue weighted by Gasteiger charge is 2.34. The molecule has 1 heterocycles. The molecule has 2 N–H and O–H groups in total. The molecule has 0 amide bonds. The summed E-state index contributed by atoms with van der Waals surface area (Å²) < 4.78 is 25.1. The standard InChI is InChI=1S/C15H23N3O2S/c1-11-9-12(3-6-15(11)17-21(2,19)20)16-13-7-8-18(10-13)14-4-5-14/h3,6,9,13-14,16-17H,4-5,7-8,10H2,1-2H3. The second-order valence-corrected chi connectivity index (χ2v) is 8.01. The van der Waals surface area contributed by atoms with Gasteiger partial charge in [0.1, 0.15) is 0 Å². The van der Waals surface area contributed by atoms with Crippen LogP contribution in [0.3, 0.4) is 0 Å². The Kier molecular flexibility index (Phi) is 3.84. The van der Waals surface area contributed by atoms with E-state index < -0.39 is 10.0 Å². The van der Waals surface area contributed by atoms with Crippen LogP contribution in [-0.4, -0.2) is 44.7 Å². The lowest BCUT2D eigenvalue weighted by atomic mass is 10.1. The van der Waals surface area contributed by atoms with E-state index >= 15 is 0 Å². The zero-order valence-corrected chi connectivity index (χ0v) is 13.4. The van der Waals surface area contributed by atoms with Crippen LogP contribution in [0.2, 0.25) is 0 Å². The minimum atomic E-state index is -3.22. The first kappa shape index (κ1) is 14.7. The van der Waals surface area contributed by atoms with E-state index in [1.54, 1.807) is 0 Å². The SMILES string of the molecule is Cc1cc(NC2CCN(C3CC3)C2)ccc1NS(C)(=O)=O. The van der Waals surface area contributed by atoms with E-state index in [9.17, 15) is 8.42 Å². The van der Waals surface area contributed by atoms with Gasteiger partial charge in [0.05, 0.1) is 11.9 Å². The van der Waals surface area contributed by atoms with Crippen LogP contribution in [0.25, 0.3) is 0 Å². The number of likely N-dealkylation sites (tertiary alicyclic amines) is 1. The monoisotopic (exact) mass is 309 g/mol. The van der Waals surface area contributed by atoms with Gasteiger partial charge in [-0.15, -0.1) is 0 Å². The molecule has 0 aromatic heterocycles. The Hall–Kier alpha value is -1.27. The number of benzene rings is 1. The molecule has 0 bridgehead atoms. The molecule has 6 heteroatoms. The normalized spacial score (nSPS) is 23.2. The van der Waals surface area contributed by atoms with Gasteiger partial charge in [-0.1, -0.05) is 0 Å². The van der Waals surface area contributed by atoms with E-state index in [-0.39, 0.29) is 0 Å². The highest BCUT2D eigenvalue weighted by Crippen LogP contribution is 2.31. The third kappa shape index (κ3) is 3.89. The number of rotatable bonds is 5. The van der Waals surface area contributed by atoms with E-state index in [0.29, 0.717) is 11.7 Å². The lowest BCUT2D eigenvalue weighted by molar-refractivity contribution is 0.326. The Morgan fingerprint density at radius 2 is 2.00 bits per heavy atom. The van der Waals surface area contributed by atoms with Gasteiger partial charge in [-0.2, -0.15) is 0 Å². The van der Waals surface area contributed by atoms with Gasteiger partial charge >= 0.3 is 0 Å². The molecule has 2 fully saturated rings. The zero-order chi connectivity index (χ0) is 15.0. The fourth-order valence-electron chi connectivity index (χ4n) is 2.98. The Morgan fingerprint density at radius 1 is 1.24 bits per heavy atom. The molecular weight excluding hydrogens is 286 g/mol. The van der Waals surface area contributed by atoms with Gasteiger partial charge < -0.3 is 5.32 Å². The molecule has 1 atom stereocenters. The lowest BCUT2D eigenvalue weighted by Gasteiger charge is -2.17. The molecule has 0 radical (unpaired) electrons. The number of hydrogen-bond acceptors (Lipinski definition) is 4. The van der Waals surface area contributed by atoms with Crippen LogP contribution in [0.5, 0.6) is 0 Å². The first-order valence-corrected chi connectivity index (χ1v) is 9.39. The molecule has 21 heavy (non-hydrogen) atoms. The van der Waals surface area contributed by atoms with Crippen molar-refractivity contribution < 1.29 is 8.42 Å². The molecule has 1 aliphatic heterocycles. The predicted octanol–water partition coefficient (Wildman–Crippen LogP) is 2.02. The number of hydrogen-bond donors (Lipinski definition) is 2. The fraction of sp³-hybridized carbons (Fsp3) is 0.600. The van der Waals surface area contributed by atoms with Crippen molar-refractivity contribution >= 4 is 21.4 Å². The minimum absolute atomic E-state index is 0.499. The second kappa shape index (κ2) is 5.50. The summed E-state index contributed by atoms with van der Waals surface area (Å²) in [4.78, 5) is 2.57. The van der Waals surface area contributed by atoms with Crippen molar-refractivity contribution in [1.82, 2.24) is 4.90 Å². The number of sulfonamides is 1. The molecule has 1 aliphatic carbocycles. The van der Waals surface area contributed by atoms with Gasteiger partial charge in [-0.05, 0) is 49.9 Å². The smallest absolute Gasteiger partial charge is 0.229 e. The summed E-state index contributed by atoms with van der Waals surface area (Å²) in [5, 5.41) is 3.57. The van der Waals surface area contributed by atoms with Crippen LogP contribution in [0, 0.1) is 6.92 Å². The Morgan fingerprint density at radius 3 is 2.62 bits per heavy atom. The molecule has 1 aromatic rings. The quantitative estimate of drug-likeness (QED) is 0.873. The summed E-state index contributed by atoms with van der Waals surface area (Å²) in [6.45, 7) is 4.23. The van der Waals surface area contributed by atoms with Gasteiger partial charge in [0.2, 0.25) is 10.0 Å². The average Bonchev–Trinajstić information content (AvgIpc) is 3.13. The van der Waals surface area contributed by atoms with Crippen LogP contribution in [0.15, 0.2) is 18.2 Å². The van der Waals surface area contributed by atoms with Crippen molar-refractivity contribution in [3.8, 4) is 0 Å². The third-order valence-electron chi connectivity index (χ3n) is 4.18. The van der Waals surface area contributed by atoms with Gasteiger partial charge in [0.25, 0.3) is 0 Å². The second-order valence-electron chi connectivity index (χ2n) is 6.26. The number of anilines is 2. The average molecular weight is 309 g/mol. The first-order valence-electron chi connectivity index (χ1n) is 7.50. The van der Waals surface area contributed by atoms with Crippen molar-refractivity contribution in [3.63, 3.8) is 0 Å². The number of aryl methyl sites for hydroxylation is 1. The summed E-state index contributed by atoms with van der Waals surface area (Å²) in [6.07, 6.45) is 5.07. The van der Waals surface area contributed by atoms with Crippen molar-refractivity contribution in [1.29, 1.82) is 0 Å². The molecule has 0 spiro atoms. The van der Waals surface area contributed by atoms with Crippen molar-refractivity contribution in [3.05, 3.63) is 23.8 Å². The van der Waals surface area contributed by atoms with Crippen LogP contribution in [0.1, 0.15) is 24.8 Å². The van der Waals surface area contributed by atoms with Gasteiger partial charge in [-0.3, -0.25) is 9.62 Å². The maximum atomic E-state index is 11.3. The lowest BCUT2D eigenvalue weighted by Crippen LogP contribution is -2.27. The molecule has 1 saturated heterocycles. The number of nitrogens with one attached hydrogen (secondary N) is 2. The zero-order valence-electron chi connectivity index (χ0n) is 12.6. The molecule has 3 rings (SSSR count). The minimum Gasteiger partial charge on any atom is -0.381 e. The van der Waals surface area contributed by atoms with E-state index in [2.05, 4.69) is 14.9 Å². The molecule has 1 aromatic carbocycles. The predicted molar refractivity (Wildman–Crippen MR) is 86.3 cm³/mol. The largest absolute Gasteiger partial charge is 0.381 e. The Labute approximate surface area is 126 Å². The Bertz CT molecular complexity index is 626. The molecule has 2 aliphatic rings. The summed E-state index contributed by atoms with van der Waals surface area (Å²) in [6, 6.07) is 7.11. The maximum absolute atomic E-state index is 11.3. The van der Waals surface area contributed by atoms with Crippen LogP contribution in [0.4, 0.5) is 11.4 Å². The Balaban J connectivity index is 1.62. The van der Waals surface area contributed by atoms with E-state index in [4.69, 9.17) is 0 Å². The molecule has 116 valence electrons. The van der Waals surface area contributed by atoms with Crippen LogP contribution >= 0.6 is 0 Å². The summed E-state index contributed by atoms with van der Waals surface area (Å²) in [5.41, 5.74) is 2.64. The molecule has 5 nitrogen and oxygen atoms in total. The van der Waals surface area contributed by atoms with E-state index in [1.165, 1.54) is 32.1 Å². The third-order valence-corrected chi connectivity index (χ3v) is 4.77. The maximum Gasteiger partial charge on any atom is 0.229 e. The van der Waals surface area contributed by atoms with Crippen LogP contribution in [-0.2, 0) is 10.0 Å². The summed E-state index contributed by atoms with van der Waals surface area (Å²) >= 11 is 0. The van der Waals surface area contributed by atoms with E-state index in [1.807, 2.05) is 25.1 Å². The highest BCUT2D eigenvalue weighted by molar-refractivity contribution is 7.92. The molecule has 1 unspecified atom stereocenters. The topological polar surface area (TPSA) is 61.4 Å². The molecule has 1 saturated carbocycles. The number of nitrogens with zero attached hydrogens (tertiary/aromatic N) is 1. The van der Waals surface area contributed by atoms with Crippen molar-refractivity contribution in [2.24, 2.45) is 0 Å².